The average molecular weight is 432 g/mol. The van der Waals surface area contributed by atoms with Crippen LogP contribution in [0, 0.1) is 5.92 Å². The maximum absolute atomic E-state index is 13.3. The van der Waals surface area contributed by atoms with E-state index < -0.39 is 17.6 Å². The first-order valence-corrected chi connectivity index (χ1v) is 10.7. The van der Waals surface area contributed by atoms with Crippen molar-refractivity contribution in [3.8, 4) is 17.1 Å². The van der Waals surface area contributed by atoms with E-state index in [1.165, 1.54) is 0 Å². The van der Waals surface area contributed by atoms with Gasteiger partial charge in [0.15, 0.2) is 5.72 Å². The van der Waals surface area contributed by atoms with Gasteiger partial charge in [-0.05, 0) is 25.0 Å². The Kier molecular flexibility index (Phi) is 4.92. The van der Waals surface area contributed by atoms with Crippen molar-refractivity contribution in [1.29, 1.82) is 0 Å². The van der Waals surface area contributed by atoms with Crippen LogP contribution in [0.3, 0.4) is 0 Å². The van der Waals surface area contributed by atoms with Crippen molar-refractivity contribution in [2.24, 2.45) is 11.7 Å². The van der Waals surface area contributed by atoms with Gasteiger partial charge in [-0.15, -0.1) is 0 Å². The number of aryl methyl sites for hydroxylation is 1. The molecule has 0 radical (unpaired) electrons. The van der Waals surface area contributed by atoms with Crippen LogP contribution in [0.4, 0.5) is 0 Å². The van der Waals surface area contributed by atoms with Crippen molar-refractivity contribution >= 4 is 11.8 Å². The Morgan fingerprint density at radius 3 is 2.72 bits per heavy atom. The zero-order chi connectivity index (χ0) is 22.3. The Balaban J connectivity index is 1.33. The van der Waals surface area contributed by atoms with E-state index in [2.05, 4.69) is 10.1 Å². The highest BCUT2D eigenvalue weighted by molar-refractivity contribution is 6.01. The highest BCUT2D eigenvalue weighted by Crippen LogP contribution is 2.50. The Morgan fingerprint density at radius 2 is 1.94 bits per heavy atom. The van der Waals surface area contributed by atoms with Crippen LogP contribution in [0.5, 0.6) is 5.75 Å². The fourth-order valence-corrected chi connectivity index (χ4v) is 4.83. The first-order valence-electron chi connectivity index (χ1n) is 10.7. The number of nitrogens with two attached hydrogens (primary N) is 1. The molecule has 3 aromatic rings. The molecular weight excluding hydrogens is 408 g/mol. The smallest absolute Gasteiger partial charge is 0.238 e. The zero-order valence-electron chi connectivity index (χ0n) is 17.7. The first kappa shape index (κ1) is 20.2. The second-order valence-corrected chi connectivity index (χ2v) is 8.48. The molecule has 164 valence electrons. The minimum atomic E-state index is -0.902. The summed E-state index contributed by atoms with van der Waals surface area (Å²) in [5.74, 6) is -0.353. The van der Waals surface area contributed by atoms with E-state index in [1.807, 2.05) is 61.5 Å². The molecule has 1 saturated heterocycles. The number of likely N-dealkylation sites (tertiary alicyclic amines) is 1. The van der Waals surface area contributed by atoms with Gasteiger partial charge >= 0.3 is 0 Å². The normalized spacial score (nSPS) is 24.0. The molecule has 0 saturated carbocycles. The molecule has 1 fully saturated rings. The third-order valence-electron chi connectivity index (χ3n) is 6.33. The minimum absolute atomic E-state index is 0.282. The lowest BCUT2D eigenvalue weighted by atomic mass is 9.73. The molecule has 8 heteroatoms. The van der Waals surface area contributed by atoms with Gasteiger partial charge in [-0.2, -0.15) is 4.98 Å². The van der Waals surface area contributed by atoms with Gasteiger partial charge in [-0.3, -0.25) is 9.59 Å². The van der Waals surface area contributed by atoms with Gasteiger partial charge in [0.1, 0.15) is 11.7 Å². The largest absolute Gasteiger partial charge is 0.468 e. The highest BCUT2D eigenvalue weighted by Gasteiger charge is 2.55. The van der Waals surface area contributed by atoms with E-state index in [1.54, 1.807) is 4.90 Å². The fourth-order valence-electron chi connectivity index (χ4n) is 4.83. The standard InChI is InChI=1S/C24H24N4O4/c1-24-14-17(16-10-5-6-11-18(16)31-24)20(21(25)29)23(30)28(24)13-7-12-19-26-22(27-32-19)15-8-3-2-4-9-15/h2-6,8-11,17,20H,7,12-14H2,1H3,(H2,25,29)/t17-,20+,24-/m0/s1. The molecule has 2 aliphatic heterocycles. The van der Waals surface area contributed by atoms with E-state index in [-0.39, 0.29) is 11.8 Å². The van der Waals surface area contributed by atoms with Gasteiger partial charge in [0.25, 0.3) is 0 Å². The molecule has 2 aromatic carbocycles. The van der Waals surface area contributed by atoms with Crippen LogP contribution < -0.4 is 10.5 Å². The van der Waals surface area contributed by atoms with Gasteiger partial charge in [0.2, 0.25) is 23.5 Å². The molecule has 2 bridgehead atoms. The van der Waals surface area contributed by atoms with E-state index in [4.69, 9.17) is 15.0 Å². The van der Waals surface area contributed by atoms with Crippen molar-refractivity contribution in [3.63, 3.8) is 0 Å². The number of aromatic nitrogens is 2. The maximum Gasteiger partial charge on any atom is 0.238 e. The molecule has 2 amide bonds. The van der Waals surface area contributed by atoms with E-state index in [9.17, 15) is 9.59 Å². The summed E-state index contributed by atoms with van der Waals surface area (Å²) >= 11 is 0. The van der Waals surface area contributed by atoms with Gasteiger partial charge in [-0.1, -0.05) is 53.7 Å². The third kappa shape index (κ3) is 3.41. The highest BCUT2D eigenvalue weighted by atomic mass is 16.5. The topological polar surface area (TPSA) is 112 Å². The Bertz CT molecular complexity index is 1160. The van der Waals surface area contributed by atoms with Gasteiger partial charge in [-0.25, -0.2) is 0 Å². The summed E-state index contributed by atoms with van der Waals surface area (Å²) in [4.78, 5) is 31.7. The van der Waals surface area contributed by atoms with Gasteiger partial charge in [0.05, 0.1) is 0 Å². The number of para-hydroxylation sites is 1. The number of ether oxygens (including phenoxy) is 1. The summed E-state index contributed by atoms with van der Waals surface area (Å²) in [6.07, 6.45) is 1.60. The molecule has 0 aliphatic carbocycles. The molecule has 0 unspecified atom stereocenters. The number of rotatable bonds is 6. The zero-order valence-corrected chi connectivity index (χ0v) is 17.7. The Morgan fingerprint density at radius 1 is 1.19 bits per heavy atom. The Hall–Kier alpha value is -3.68. The van der Waals surface area contributed by atoms with Crippen molar-refractivity contribution in [3.05, 3.63) is 66.1 Å². The molecule has 1 aromatic heterocycles. The van der Waals surface area contributed by atoms with Gasteiger partial charge < -0.3 is 19.9 Å². The number of hydrogen-bond donors (Lipinski definition) is 1. The minimum Gasteiger partial charge on any atom is -0.468 e. The fraction of sp³-hybridized carbons (Fsp3) is 0.333. The monoisotopic (exact) mass is 432 g/mol. The van der Waals surface area contributed by atoms with Crippen LogP contribution in [0.15, 0.2) is 59.1 Å². The van der Waals surface area contributed by atoms with Crippen LogP contribution in [0.25, 0.3) is 11.4 Å². The van der Waals surface area contributed by atoms with Crippen LogP contribution in [-0.4, -0.2) is 39.1 Å². The van der Waals surface area contributed by atoms with E-state index in [0.717, 1.165) is 11.1 Å². The van der Waals surface area contributed by atoms with E-state index in [0.29, 0.717) is 43.3 Å². The van der Waals surface area contributed by atoms with Crippen LogP contribution in [0.1, 0.15) is 37.1 Å². The molecule has 3 heterocycles. The molecule has 32 heavy (non-hydrogen) atoms. The second kappa shape index (κ2) is 7.78. The number of piperidine rings is 1. The number of carbonyl (C=O) groups excluding carboxylic acids is 2. The average Bonchev–Trinajstić information content (AvgIpc) is 3.25. The number of hydrogen-bond acceptors (Lipinski definition) is 6. The number of carbonyl (C=O) groups is 2. The maximum atomic E-state index is 13.3. The predicted molar refractivity (Wildman–Crippen MR) is 115 cm³/mol. The van der Waals surface area contributed by atoms with Crippen molar-refractivity contribution < 1.29 is 18.8 Å². The van der Waals surface area contributed by atoms with Crippen molar-refractivity contribution in [1.82, 2.24) is 15.0 Å². The SMILES string of the molecule is C[C@@]12C[C@@H](c3ccccc3O1)[C@H](C(N)=O)C(=O)N2CCCc1nc(-c2ccccc2)no1. The summed E-state index contributed by atoms with van der Waals surface area (Å²) < 4.78 is 11.6. The molecule has 2 N–H and O–H groups in total. The van der Waals surface area contributed by atoms with Crippen molar-refractivity contribution in [2.45, 2.75) is 37.8 Å². The number of fused-ring (bicyclic) bond motifs is 4. The van der Waals surface area contributed by atoms with Crippen LogP contribution >= 0.6 is 0 Å². The molecule has 5 rings (SSSR count). The molecular formula is C24H24N4O4. The summed E-state index contributed by atoms with van der Waals surface area (Å²) in [5, 5.41) is 4.04. The number of benzene rings is 2. The third-order valence-corrected chi connectivity index (χ3v) is 6.33. The van der Waals surface area contributed by atoms with E-state index >= 15 is 0 Å². The Labute approximate surface area is 185 Å². The van der Waals surface area contributed by atoms with Crippen LogP contribution in [0.2, 0.25) is 0 Å². The quantitative estimate of drug-likeness (QED) is 0.600. The lowest BCUT2D eigenvalue weighted by Crippen LogP contribution is -2.64. The lowest BCUT2D eigenvalue weighted by Gasteiger charge is -2.52. The molecule has 3 atom stereocenters. The number of nitrogens with zero attached hydrogens (tertiary/aromatic N) is 3. The summed E-state index contributed by atoms with van der Waals surface area (Å²) in [6.45, 7) is 2.28. The number of amides is 2. The molecule has 8 nitrogen and oxygen atoms in total. The second-order valence-electron chi connectivity index (χ2n) is 8.48. The summed E-state index contributed by atoms with van der Waals surface area (Å²) in [7, 11) is 0. The predicted octanol–water partition coefficient (Wildman–Crippen LogP) is 2.90. The lowest BCUT2D eigenvalue weighted by molar-refractivity contribution is -0.175. The first-order chi connectivity index (χ1) is 15.5. The molecule has 0 spiro atoms. The summed E-state index contributed by atoms with van der Waals surface area (Å²) in [5.41, 5.74) is 6.57. The van der Waals surface area contributed by atoms with Crippen LogP contribution in [-0.2, 0) is 16.0 Å². The summed E-state index contributed by atoms with van der Waals surface area (Å²) in [6, 6.07) is 17.1. The van der Waals surface area contributed by atoms with Gasteiger partial charge in [0, 0.05) is 30.9 Å². The number of primary amides is 1. The van der Waals surface area contributed by atoms with Crippen molar-refractivity contribution in [2.75, 3.05) is 6.54 Å². The molecule has 2 aliphatic rings.